The monoisotopic (exact) mass is 686 g/mol. The smallest absolute Gasteiger partial charge is 0.164 e. The zero-order chi connectivity index (χ0) is 36.1. The van der Waals surface area contributed by atoms with E-state index in [0.29, 0.717) is 23.0 Å². The molecule has 0 bridgehead atoms. The van der Waals surface area contributed by atoms with Gasteiger partial charge in [0.1, 0.15) is 5.82 Å². The standard InChI is InChI=1S/C48H35FN4/c1-30-26-31(2)45(32(3)27-30)35-23-25-43-40(28-35)38-19-11-13-21-42(38)53(43)44-29-36(22-24-39(44)37-18-10-12-20-41(37)49)48-51-46(33-14-6-4-7-15-33)50-47(52-48)34-16-8-5-9-17-34/h4-29H,1-3H3. The third kappa shape index (κ3) is 5.77. The van der Waals surface area contributed by atoms with E-state index in [2.05, 4.69) is 86.0 Å². The number of para-hydroxylation sites is 1. The highest BCUT2D eigenvalue weighted by Gasteiger charge is 2.21. The molecule has 0 fully saturated rings. The molecule has 0 amide bonds. The van der Waals surface area contributed by atoms with E-state index in [-0.39, 0.29) is 5.82 Å². The first kappa shape index (κ1) is 32.2. The van der Waals surface area contributed by atoms with E-state index < -0.39 is 0 Å². The van der Waals surface area contributed by atoms with Crippen molar-refractivity contribution in [2.45, 2.75) is 20.8 Å². The summed E-state index contributed by atoms with van der Waals surface area (Å²) in [6.07, 6.45) is 0. The molecule has 2 heterocycles. The Kier molecular flexibility index (Phi) is 7.97. The predicted octanol–water partition coefficient (Wildman–Crippen LogP) is 12.4. The minimum absolute atomic E-state index is 0.284. The summed E-state index contributed by atoms with van der Waals surface area (Å²) in [5, 5.41) is 2.25. The van der Waals surface area contributed by atoms with Crippen molar-refractivity contribution in [3.05, 3.63) is 180 Å². The van der Waals surface area contributed by atoms with Gasteiger partial charge in [-0.1, -0.05) is 133 Å². The van der Waals surface area contributed by atoms with Crippen LogP contribution >= 0.6 is 0 Å². The van der Waals surface area contributed by atoms with Crippen LogP contribution in [0.3, 0.4) is 0 Å². The molecular weight excluding hydrogens is 652 g/mol. The summed E-state index contributed by atoms with van der Waals surface area (Å²) in [6, 6.07) is 52.6. The van der Waals surface area contributed by atoms with Crippen molar-refractivity contribution in [3.8, 4) is 62.1 Å². The Morgan fingerprint density at radius 1 is 0.434 bits per heavy atom. The van der Waals surface area contributed by atoms with Gasteiger partial charge in [-0.15, -0.1) is 0 Å². The highest BCUT2D eigenvalue weighted by atomic mass is 19.1. The molecule has 7 aromatic carbocycles. The van der Waals surface area contributed by atoms with Crippen LogP contribution in [0, 0.1) is 26.6 Å². The molecule has 5 heteroatoms. The molecule has 0 aliphatic rings. The Morgan fingerprint density at radius 2 is 0.981 bits per heavy atom. The first-order valence-electron chi connectivity index (χ1n) is 17.8. The normalized spacial score (nSPS) is 11.4. The van der Waals surface area contributed by atoms with Crippen molar-refractivity contribution in [1.29, 1.82) is 0 Å². The maximum atomic E-state index is 15.7. The number of aryl methyl sites for hydroxylation is 3. The van der Waals surface area contributed by atoms with Crippen LogP contribution in [0.4, 0.5) is 4.39 Å². The number of rotatable bonds is 6. The van der Waals surface area contributed by atoms with Crippen LogP contribution in [-0.2, 0) is 0 Å². The molecule has 4 nitrogen and oxygen atoms in total. The van der Waals surface area contributed by atoms with Crippen molar-refractivity contribution < 1.29 is 4.39 Å². The molecule has 0 atom stereocenters. The molecule has 2 aromatic heterocycles. The summed E-state index contributed by atoms with van der Waals surface area (Å²) in [7, 11) is 0. The maximum Gasteiger partial charge on any atom is 0.164 e. The minimum Gasteiger partial charge on any atom is -0.309 e. The third-order valence-electron chi connectivity index (χ3n) is 10.00. The van der Waals surface area contributed by atoms with Crippen molar-refractivity contribution in [3.63, 3.8) is 0 Å². The fraction of sp³-hybridized carbons (Fsp3) is 0.0625. The zero-order valence-electron chi connectivity index (χ0n) is 29.7. The van der Waals surface area contributed by atoms with Crippen molar-refractivity contribution in [1.82, 2.24) is 19.5 Å². The molecule has 0 aliphatic carbocycles. The second-order valence-corrected chi connectivity index (χ2v) is 13.6. The van der Waals surface area contributed by atoms with E-state index in [9.17, 15) is 0 Å². The van der Waals surface area contributed by atoms with Crippen LogP contribution in [0.2, 0.25) is 0 Å². The maximum absolute atomic E-state index is 15.7. The Morgan fingerprint density at radius 3 is 1.64 bits per heavy atom. The molecule has 0 saturated heterocycles. The van der Waals surface area contributed by atoms with Crippen LogP contribution < -0.4 is 0 Å². The lowest BCUT2D eigenvalue weighted by atomic mass is 9.93. The minimum atomic E-state index is -0.284. The number of fused-ring (bicyclic) bond motifs is 3. The molecule has 0 saturated carbocycles. The van der Waals surface area contributed by atoms with E-state index in [1.165, 1.54) is 33.9 Å². The Hall–Kier alpha value is -6.72. The fourth-order valence-electron chi connectivity index (χ4n) is 7.72. The highest BCUT2D eigenvalue weighted by molar-refractivity contribution is 6.11. The van der Waals surface area contributed by atoms with Crippen molar-refractivity contribution in [2.75, 3.05) is 0 Å². The number of hydrogen-bond donors (Lipinski definition) is 0. The second kappa shape index (κ2) is 13.1. The number of halogens is 1. The molecule has 53 heavy (non-hydrogen) atoms. The van der Waals surface area contributed by atoms with Gasteiger partial charge < -0.3 is 4.57 Å². The molecule has 0 aliphatic heterocycles. The number of aromatic nitrogens is 4. The molecule has 0 unspecified atom stereocenters. The number of benzene rings is 7. The Bertz CT molecular complexity index is 2740. The van der Waals surface area contributed by atoms with Gasteiger partial charge in [0, 0.05) is 38.6 Å². The molecule has 9 rings (SSSR count). The van der Waals surface area contributed by atoms with Gasteiger partial charge in [0.2, 0.25) is 0 Å². The van der Waals surface area contributed by atoms with Crippen LogP contribution in [0.1, 0.15) is 16.7 Å². The van der Waals surface area contributed by atoms with E-state index in [1.54, 1.807) is 6.07 Å². The second-order valence-electron chi connectivity index (χ2n) is 13.6. The largest absolute Gasteiger partial charge is 0.309 e. The fourth-order valence-corrected chi connectivity index (χ4v) is 7.72. The van der Waals surface area contributed by atoms with E-state index in [4.69, 9.17) is 15.0 Å². The average Bonchev–Trinajstić information content (AvgIpc) is 3.52. The summed E-state index contributed by atoms with van der Waals surface area (Å²) in [5.41, 5.74) is 12.9. The summed E-state index contributed by atoms with van der Waals surface area (Å²) < 4.78 is 18.0. The SMILES string of the molecule is Cc1cc(C)c(-c2ccc3c(c2)c2ccccc2n3-c2cc(-c3nc(-c4ccccc4)nc(-c4ccccc4)n3)ccc2-c2ccccc2F)c(C)c1. The Labute approximate surface area is 307 Å². The van der Waals surface area contributed by atoms with Gasteiger partial charge in [0.25, 0.3) is 0 Å². The van der Waals surface area contributed by atoms with Crippen molar-refractivity contribution >= 4 is 21.8 Å². The number of nitrogens with zero attached hydrogens (tertiary/aromatic N) is 4. The van der Waals surface area contributed by atoms with Gasteiger partial charge in [-0.05, 0) is 73.4 Å². The van der Waals surface area contributed by atoms with Crippen LogP contribution in [0.5, 0.6) is 0 Å². The van der Waals surface area contributed by atoms with Gasteiger partial charge in [-0.2, -0.15) is 0 Å². The molecule has 0 radical (unpaired) electrons. The first-order valence-corrected chi connectivity index (χ1v) is 17.8. The van der Waals surface area contributed by atoms with Gasteiger partial charge in [0.15, 0.2) is 17.5 Å². The van der Waals surface area contributed by atoms with Crippen LogP contribution in [-0.4, -0.2) is 19.5 Å². The average molecular weight is 687 g/mol. The highest BCUT2D eigenvalue weighted by Crippen LogP contribution is 2.41. The topological polar surface area (TPSA) is 43.6 Å². The number of hydrogen-bond acceptors (Lipinski definition) is 3. The molecular formula is C48H35FN4. The van der Waals surface area contributed by atoms with E-state index in [1.807, 2.05) is 84.9 Å². The van der Waals surface area contributed by atoms with Crippen LogP contribution in [0.15, 0.2) is 158 Å². The zero-order valence-corrected chi connectivity index (χ0v) is 29.7. The van der Waals surface area contributed by atoms with Crippen molar-refractivity contribution in [2.24, 2.45) is 0 Å². The summed E-state index contributed by atoms with van der Waals surface area (Å²) in [5.74, 6) is 1.42. The van der Waals surface area contributed by atoms with Gasteiger partial charge in [-0.3, -0.25) is 0 Å². The summed E-state index contributed by atoms with van der Waals surface area (Å²) in [6.45, 7) is 6.51. The first-order chi connectivity index (χ1) is 25.9. The lowest BCUT2D eigenvalue weighted by Crippen LogP contribution is -2.02. The summed E-state index contributed by atoms with van der Waals surface area (Å²) >= 11 is 0. The lowest BCUT2D eigenvalue weighted by Gasteiger charge is -2.17. The van der Waals surface area contributed by atoms with Crippen LogP contribution in [0.25, 0.3) is 83.9 Å². The van der Waals surface area contributed by atoms with Gasteiger partial charge in [0.05, 0.1) is 16.7 Å². The molecule has 254 valence electrons. The third-order valence-corrected chi connectivity index (χ3v) is 10.00. The summed E-state index contributed by atoms with van der Waals surface area (Å²) in [4.78, 5) is 15.0. The molecule has 0 N–H and O–H groups in total. The molecule has 0 spiro atoms. The lowest BCUT2D eigenvalue weighted by molar-refractivity contribution is 0.631. The van der Waals surface area contributed by atoms with Gasteiger partial charge in [-0.25, -0.2) is 19.3 Å². The predicted molar refractivity (Wildman–Crippen MR) is 216 cm³/mol. The Balaban J connectivity index is 1.32. The van der Waals surface area contributed by atoms with E-state index >= 15 is 4.39 Å². The van der Waals surface area contributed by atoms with Gasteiger partial charge >= 0.3 is 0 Å². The molecule has 9 aromatic rings. The quantitative estimate of drug-likeness (QED) is 0.175. The van der Waals surface area contributed by atoms with E-state index in [0.717, 1.165) is 49.7 Å².